The molecular weight excluding hydrogens is 352 g/mol. The first-order valence-electron chi connectivity index (χ1n) is 8.70. The molecule has 0 radical (unpaired) electrons. The number of nitrogens with two attached hydrogens (primary N) is 1. The van der Waals surface area contributed by atoms with Crippen molar-refractivity contribution in [2.75, 3.05) is 11.1 Å². The Balaban J connectivity index is 1.51. The van der Waals surface area contributed by atoms with E-state index >= 15 is 0 Å². The van der Waals surface area contributed by atoms with Gasteiger partial charge in [-0.25, -0.2) is 9.97 Å². The van der Waals surface area contributed by atoms with E-state index < -0.39 is 0 Å². The average molecular weight is 370 g/mol. The third kappa shape index (κ3) is 4.21. The molecule has 4 aromatic rings. The molecule has 2 aromatic heterocycles. The second-order valence-corrected chi connectivity index (χ2v) is 6.06. The Morgan fingerprint density at radius 1 is 0.893 bits per heavy atom. The van der Waals surface area contributed by atoms with Crippen molar-refractivity contribution in [3.63, 3.8) is 0 Å². The van der Waals surface area contributed by atoms with Crippen molar-refractivity contribution in [3.05, 3.63) is 78.8 Å². The molecule has 4 rings (SSSR count). The molecule has 0 amide bonds. The Labute approximate surface area is 162 Å². The number of rotatable bonds is 5. The SMILES string of the molecule is Cc1nccc(Oc2ccc(Nc3cc(-c4ccccc4)nc(N)n3)cc2)n1. The van der Waals surface area contributed by atoms with Crippen LogP contribution in [-0.2, 0) is 0 Å². The Hall–Kier alpha value is -4.00. The predicted octanol–water partition coefficient (Wildman–Crippen LogP) is 4.36. The number of nitrogens with zero attached hydrogens (tertiary/aromatic N) is 4. The second-order valence-electron chi connectivity index (χ2n) is 6.06. The van der Waals surface area contributed by atoms with Gasteiger partial charge in [-0.2, -0.15) is 9.97 Å². The van der Waals surface area contributed by atoms with Crippen molar-refractivity contribution in [1.82, 2.24) is 19.9 Å². The lowest BCUT2D eigenvalue weighted by atomic mass is 10.1. The van der Waals surface area contributed by atoms with Crippen LogP contribution in [0.2, 0.25) is 0 Å². The summed E-state index contributed by atoms with van der Waals surface area (Å²) in [5, 5.41) is 3.24. The lowest BCUT2D eigenvalue weighted by molar-refractivity contribution is 0.460. The van der Waals surface area contributed by atoms with Gasteiger partial charge in [0.25, 0.3) is 0 Å². The molecule has 0 aliphatic rings. The number of hydrogen-bond donors (Lipinski definition) is 2. The standard InChI is InChI=1S/C21H18N6O/c1-14-23-12-11-20(24-14)28-17-9-7-16(8-10-17)25-19-13-18(26-21(22)27-19)15-5-3-2-4-6-15/h2-13H,1H3,(H3,22,25,26,27). The van der Waals surface area contributed by atoms with Gasteiger partial charge in [-0.05, 0) is 31.2 Å². The molecule has 3 N–H and O–H groups in total. The Morgan fingerprint density at radius 3 is 2.43 bits per heavy atom. The summed E-state index contributed by atoms with van der Waals surface area (Å²) in [4.78, 5) is 16.9. The molecule has 2 aromatic carbocycles. The molecule has 0 unspecified atom stereocenters. The predicted molar refractivity (Wildman–Crippen MR) is 108 cm³/mol. The summed E-state index contributed by atoms with van der Waals surface area (Å²) in [5.41, 5.74) is 8.46. The maximum absolute atomic E-state index is 5.88. The van der Waals surface area contributed by atoms with Crippen LogP contribution in [0.3, 0.4) is 0 Å². The van der Waals surface area contributed by atoms with Crippen LogP contribution in [0.1, 0.15) is 5.82 Å². The molecular formula is C21H18N6O. The summed E-state index contributed by atoms with van der Waals surface area (Å²) in [6.45, 7) is 1.82. The van der Waals surface area contributed by atoms with Gasteiger partial charge in [0.15, 0.2) is 0 Å². The van der Waals surface area contributed by atoms with Crippen molar-refractivity contribution >= 4 is 17.5 Å². The summed E-state index contributed by atoms with van der Waals surface area (Å²) in [5.74, 6) is 2.67. The van der Waals surface area contributed by atoms with E-state index in [1.165, 1.54) is 0 Å². The van der Waals surface area contributed by atoms with E-state index in [1.807, 2.05) is 67.6 Å². The average Bonchev–Trinajstić information content (AvgIpc) is 2.70. The molecule has 138 valence electrons. The zero-order valence-corrected chi connectivity index (χ0v) is 15.2. The summed E-state index contributed by atoms with van der Waals surface area (Å²) in [6, 6.07) is 20.9. The molecule has 0 atom stereocenters. The van der Waals surface area contributed by atoms with Gasteiger partial charge in [0.2, 0.25) is 11.8 Å². The number of nitrogen functional groups attached to an aromatic ring is 1. The lowest BCUT2D eigenvalue weighted by Crippen LogP contribution is -2.01. The number of nitrogens with one attached hydrogen (secondary N) is 1. The van der Waals surface area contributed by atoms with E-state index in [0.717, 1.165) is 16.9 Å². The zero-order chi connectivity index (χ0) is 19.3. The highest BCUT2D eigenvalue weighted by atomic mass is 16.5. The van der Waals surface area contributed by atoms with E-state index in [-0.39, 0.29) is 5.95 Å². The van der Waals surface area contributed by atoms with Gasteiger partial charge in [0.05, 0.1) is 5.69 Å². The van der Waals surface area contributed by atoms with Gasteiger partial charge in [0.1, 0.15) is 17.4 Å². The van der Waals surface area contributed by atoms with Crippen LogP contribution in [0.25, 0.3) is 11.3 Å². The highest BCUT2D eigenvalue weighted by molar-refractivity contribution is 5.67. The van der Waals surface area contributed by atoms with E-state index in [0.29, 0.717) is 23.3 Å². The van der Waals surface area contributed by atoms with Crippen LogP contribution < -0.4 is 15.8 Å². The molecule has 2 heterocycles. The summed E-state index contributed by atoms with van der Waals surface area (Å²) in [7, 11) is 0. The molecule has 0 aliphatic heterocycles. The quantitative estimate of drug-likeness (QED) is 0.538. The minimum Gasteiger partial charge on any atom is -0.439 e. The number of aryl methyl sites for hydroxylation is 1. The topological polar surface area (TPSA) is 98.8 Å². The first-order chi connectivity index (χ1) is 13.7. The minimum absolute atomic E-state index is 0.211. The van der Waals surface area contributed by atoms with Crippen LogP contribution in [0.4, 0.5) is 17.5 Å². The third-order valence-electron chi connectivity index (χ3n) is 3.91. The van der Waals surface area contributed by atoms with Gasteiger partial charge in [-0.15, -0.1) is 0 Å². The van der Waals surface area contributed by atoms with Crippen LogP contribution >= 0.6 is 0 Å². The number of aromatic nitrogens is 4. The number of benzene rings is 2. The van der Waals surface area contributed by atoms with Crippen molar-refractivity contribution in [2.45, 2.75) is 6.92 Å². The molecule has 7 nitrogen and oxygen atoms in total. The highest BCUT2D eigenvalue weighted by Crippen LogP contribution is 2.25. The normalized spacial score (nSPS) is 10.5. The maximum Gasteiger partial charge on any atom is 0.222 e. The largest absolute Gasteiger partial charge is 0.439 e. The molecule has 28 heavy (non-hydrogen) atoms. The molecule has 0 aliphatic carbocycles. The van der Waals surface area contributed by atoms with E-state index in [4.69, 9.17) is 10.5 Å². The van der Waals surface area contributed by atoms with Crippen molar-refractivity contribution < 1.29 is 4.74 Å². The molecule has 0 bridgehead atoms. The lowest BCUT2D eigenvalue weighted by Gasteiger charge is -2.10. The third-order valence-corrected chi connectivity index (χ3v) is 3.91. The molecule has 7 heteroatoms. The fraction of sp³-hybridized carbons (Fsp3) is 0.0476. The molecule has 0 spiro atoms. The first-order valence-corrected chi connectivity index (χ1v) is 8.70. The Kier molecular flexibility index (Phi) is 4.79. The van der Waals surface area contributed by atoms with Crippen molar-refractivity contribution in [2.24, 2.45) is 0 Å². The van der Waals surface area contributed by atoms with Gasteiger partial charge in [-0.3, -0.25) is 0 Å². The fourth-order valence-electron chi connectivity index (χ4n) is 2.65. The van der Waals surface area contributed by atoms with Crippen LogP contribution in [0.15, 0.2) is 72.9 Å². The number of hydrogen-bond acceptors (Lipinski definition) is 7. The Morgan fingerprint density at radius 2 is 1.68 bits per heavy atom. The smallest absolute Gasteiger partial charge is 0.222 e. The molecule has 0 saturated carbocycles. The van der Waals surface area contributed by atoms with Crippen molar-refractivity contribution in [1.29, 1.82) is 0 Å². The van der Waals surface area contributed by atoms with Gasteiger partial charge >= 0.3 is 0 Å². The Bertz CT molecular complexity index is 1080. The minimum atomic E-state index is 0.211. The summed E-state index contributed by atoms with van der Waals surface area (Å²) in [6.07, 6.45) is 1.66. The van der Waals surface area contributed by atoms with Crippen LogP contribution in [0.5, 0.6) is 11.6 Å². The van der Waals surface area contributed by atoms with Gasteiger partial charge < -0.3 is 15.8 Å². The second kappa shape index (κ2) is 7.71. The number of ether oxygens (including phenoxy) is 1. The monoisotopic (exact) mass is 370 g/mol. The van der Waals surface area contributed by atoms with E-state index in [9.17, 15) is 0 Å². The zero-order valence-electron chi connectivity index (χ0n) is 15.2. The highest BCUT2D eigenvalue weighted by Gasteiger charge is 2.06. The van der Waals surface area contributed by atoms with E-state index in [2.05, 4.69) is 25.3 Å². The van der Waals surface area contributed by atoms with Gasteiger partial charge in [0, 0.05) is 29.6 Å². The van der Waals surface area contributed by atoms with Gasteiger partial charge in [-0.1, -0.05) is 30.3 Å². The summed E-state index contributed by atoms with van der Waals surface area (Å²) >= 11 is 0. The maximum atomic E-state index is 5.88. The molecule has 0 fully saturated rings. The van der Waals surface area contributed by atoms with Crippen LogP contribution in [0, 0.1) is 6.92 Å². The fourth-order valence-corrected chi connectivity index (χ4v) is 2.65. The van der Waals surface area contributed by atoms with Crippen molar-refractivity contribution in [3.8, 4) is 22.9 Å². The molecule has 0 saturated heterocycles. The first kappa shape index (κ1) is 17.4. The number of anilines is 3. The van der Waals surface area contributed by atoms with E-state index in [1.54, 1.807) is 12.3 Å². The van der Waals surface area contributed by atoms with Crippen LogP contribution in [-0.4, -0.2) is 19.9 Å². The summed E-state index contributed by atoms with van der Waals surface area (Å²) < 4.78 is 5.74.